The van der Waals surface area contributed by atoms with E-state index in [2.05, 4.69) is 20.6 Å². The summed E-state index contributed by atoms with van der Waals surface area (Å²) in [7, 11) is 0. The van der Waals surface area contributed by atoms with Crippen LogP contribution in [0.5, 0.6) is 0 Å². The zero-order valence-corrected chi connectivity index (χ0v) is 12.0. The molecule has 3 heterocycles. The van der Waals surface area contributed by atoms with Crippen LogP contribution in [0.4, 0.5) is 13.2 Å². The number of nitrogens with zero attached hydrogens (tertiary/aromatic N) is 4. The van der Waals surface area contributed by atoms with Gasteiger partial charge in [-0.2, -0.15) is 23.3 Å². The maximum Gasteiger partial charge on any atom is 0.392 e. The van der Waals surface area contributed by atoms with E-state index in [4.69, 9.17) is 4.52 Å². The average molecular weight is 327 g/mol. The third-order valence-corrected chi connectivity index (χ3v) is 4.04. The van der Waals surface area contributed by atoms with Crippen molar-refractivity contribution in [3.63, 3.8) is 0 Å². The van der Waals surface area contributed by atoms with Crippen molar-refractivity contribution in [2.24, 2.45) is 5.92 Å². The van der Waals surface area contributed by atoms with Gasteiger partial charge in [0.15, 0.2) is 11.5 Å². The van der Waals surface area contributed by atoms with Gasteiger partial charge in [-0.15, -0.1) is 0 Å². The molecule has 2 aromatic heterocycles. The summed E-state index contributed by atoms with van der Waals surface area (Å²) in [4.78, 5) is 15.9. The van der Waals surface area contributed by atoms with Gasteiger partial charge in [-0.1, -0.05) is 5.16 Å². The van der Waals surface area contributed by atoms with Crippen molar-refractivity contribution in [3.8, 4) is 11.6 Å². The fourth-order valence-corrected chi connectivity index (χ4v) is 2.78. The van der Waals surface area contributed by atoms with Crippen molar-refractivity contribution in [3.05, 3.63) is 17.6 Å². The lowest BCUT2D eigenvalue weighted by Gasteiger charge is -2.20. The summed E-state index contributed by atoms with van der Waals surface area (Å²) in [5, 5.41) is 10.6. The lowest BCUT2D eigenvalue weighted by atomic mass is 10.2. The van der Waals surface area contributed by atoms with E-state index in [-0.39, 0.29) is 35.8 Å². The van der Waals surface area contributed by atoms with E-state index in [1.807, 2.05) is 6.92 Å². The minimum atomic E-state index is -4.24. The second-order valence-electron chi connectivity index (χ2n) is 5.92. The maximum absolute atomic E-state index is 12.6. The van der Waals surface area contributed by atoms with Gasteiger partial charge in [-0.05, 0) is 13.3 Å². The highest BCUT2D eigenvalue weighted by atomic mass is 19.4. The molecule has 1 unspecified atom stereocenters. The lowest BCUT2D eigenvalue weighted by Crippen LogP contribution is -2.42. The van der Waals surface area contributed by atoms with Crippen LogP contribution in [0.1, 0.15) is 35.6 Å². The van der Waals surface area contributed by atoms with E-state index in [0.29, 0.717) is 12.2 Å². The number of halogens is 3. The number of rotatable bonds is 2. The van der Waals surface area contributed by atoms with E-state index >= 15 is 0 Å². The van der Waals surface area contributed by atoms with E-state index in [0.717, 1.165) is 0 Å². The van der Waals surface area contributed by atoms with Crippen LogP contribution in [-0.2, 0) is 6.54 Å². The van der Waals surface area contributed by atoms with Gasteiger partial charge < -0.3 is 9.84 Å². The second-order valence-corrected chi connectivity index (χ2v) is 5.92. The molecule has 0 bridgehead atoms. The highest BCUT2D eigenvalue weighted by Gasteiger charge is 2.58. The standard InChI is InChI=1S/C13H12F3N5O2/c1-5-4-21-9(11(22)17-5)3-8(19-21)12-18-10(20-23-12)6-2-7(6)13(14,15)16/h3,5-7H,2,4H2,1H3,(H,17,22)/t5?,6-,7-/m1/s1. The van der Waals surface area contributed by atoms with Crippen LogP contribution in [0.2, 0.25) is 0 Å². The number of carbonyl (C=O) groups is 1. The average Bonchev–Trinajstić information content (AvgIpc) is 2.93. The normalized spacial score (nSPS) is 26.8. The summed E-state index contributed by atoms with van der Waals surface area (Å²) in [6.45, 7) is 2.35. The van der Waals surface area contributed by atoms with Crippen molar-refractivity contribution in [1.82, 2.24) is 25.2 Å². The van der Waals surface area contributed by atoms with E-state index in [9.17, 15) is 18.0 Å². The summed E-state index contributed by atoms with van der Waals surface area (Å²) in [5.74, 6) is -2.37. The molecule has 122 valence electrons. The second kappa shape index (κ2) is 4.56. The highest BCUT2D eigenvalue weighted by Crippen LogP contribution is 2.55. The summed E-state index contributed by atoms with van der Waals surface area (Å²) in [5.41, 5.74) is 0.643. The third-order valence-electron chi connectivity index (χ3n) is 4.04. The number of hydrogen-bond acceptors (Lipinski definition) is 5. The Bertz CT molecular complexity index is 781. The minimum absolute atomic E-state index is 0.0233. The molecule has 0 radical (unpaired) electrons. The molecule has 10 heteroatoms. The molecule has 1 fully saturated rings. The largest absolute Gasteiger partial charge is 0.392 e. The number of hydrogen-bond donors (Lipinski definition) is 1. The fourth-order valence-electron chi connectivity index (χ4n) is 2.78. The molecule has 1 N–H and O–H groups in total. The Morgan fingerprint density at radius 3 is 2.91 bits per heavy atom. The molecule has 2 aliphatic rings. The molecule has 1 aliphatic carbocycles. The molecule has 1 saturated carbocycles. The monoisotopic (exact) mass is 327 g/mol. The van der Waals surface area contributed by atoms with Crippen LogP contribution in [0, 0.1) is 5.92 Å². The predicted octanol–water partition coefficient (Wildman–Crippen LogP) is 1.73. The van der Waals surface area contributed by atoms with Gasteiger partial charge in [0.05, 0.1) is 12.5 Å². The van der Waals surface area contributed by atoms with Crippen LogP contribution < -0.4 is 5.32 Å². The fraction of sp³-hybridized carbons (Fsp3) is 0.538. The predicted molar refractivity (Wildman–Crippen MR) is 69.4 cm³/mol. The Kier molecular flexibility index (Phi) is 2.82. The van der Waals surface area contributed by atoms with Crippen molar-refractivity contribution in [2.45, 2.75) is 38.0 Å². The number of alkyl halides is 3. The van der Waals surface area contributed by atoms with Crippen LogP contribution in [0.15, 0.2) is 10.6 Å². The van der Waals surface area contributed by atoms with Gasteiger partial charge in [0.25, 0.3) is 11.8 Å². The van der Waals surface area contributed by atoms with Gasteiger partial charge in [-0.3, -0.25) is 9.48 Å². The zero-order chi connectivity index (χ0) is 16.4. The third kappa shape index (κ3) is 2.37. The van der Waals surface area contributed by atoms with Gasteiger partial charge in [0.2, 0.25) is 0 Å². The molecule has 0 spiro atoms. The quantitative estimate of drug-likeness (QED) is 0.908. The smallest absolute Gasteiger partial charge is 0.346 e. The van der Waals surface area contributed by atoms with Gasteiger partial charge in [0, 0.05) is 18.0 Å². The molecule has 23 heavy (non-hydrogen) atoms. The van der Waals surface area contributed by atoms with Gasteiger partial charge >= 0.3 is 6.18 Å². The molecule has 0 aromatic carbocycles. The van der Waals surface area contributed by atoms with Crippen molar-refractivity contribution in [2.75, 3.05) is 0 Å². The van der Waals surface area contributed by atoms with Crippen LogP contribution >= 0.6 is 0 Å². The van der Waals surface area contributed by atoms with Crippen molar-refractivity contribution in [1.29, 1.82) is 0 Å². The van der Waals surface area contributed by atoms with Crippen LogP contribution in [0.25, 0.3) is 11.6 Å². The number of aromatic nitrogens is 4. The Morgan fingerprint density at radius 2 is 2.22 bits per heavy atom. The summed E-state index contributed by atoms with van der Waals surface area (Å²) < 4.78 is 44.3. The lowest BCUT2D eigenvalue weighted by molar-refractivity contribution is -0.148. The first-order valence-corrected chi connectivity index (χ1v) is 7.12. The summed E-state index contributed by atoms with van der Waals surface area (Å²) in [6.07, 6.45) is -4.27. The van der Waals surface area contributed by atoms with E-state index in [1.165, 1.54) is 10.7 Å². The summed E-state index contributed by atoms with van der Waals surface area (Å²) >= 11 is 0. The molecule has 4 rings (SSSR count). The molecule has 7 nitrogen and oxygen atoms in total. The first kappa shape index (κ1) is 14.2. The molecular weight excluding hydrogens is 315 g/mol. The summed E-state index contributed by atoms with van der Waals surface area (Å²) in [6, 6.07) is 1.44. The Labute approximate surface area is 127 Å². The maximum atomic E-state index is 12.6. The van der Waals surface area contributed by atoms with Crippen LogP contribution in [0.3, 0.4) is 0 Å². The molecular formula is C13H12F3N5O2. The van der Waals surface area contributed by atoms with Crippen LogP contribution in [-0.4, -0.2) is 38.0 Å². The van der Waals surface area contributed by atoms with E-state index < -0.39 is 18.0 Å². The van der Waals surface area contributed by atoms with Crippen molar-refractivity contribution >= 4 is 5.91 Å². The Balaban J connectivity index is 1.59. The topological polar surface area (TPSA) is 85.8 Å². The first-order chi connectivity index (χ1) is 10.8. The number of nitrogens with one attached hydrogen (secondary N) is 1. The molecule has 1 aliphatic heterocycles. The zero-order valence-electron chi connectivity index (χ0n) is 12.0. The number of carbonyl (C=O) groups excluding carboxylic acids is 1. The molecule has 3 atom stereocenters. The van der Waals surface area contributed by atoms with Gasteiger partial charge in [0.1, 0.15) is 5.69 Å². The Hall–Kier alpha value is -2.39. The SMILES string of the molecule is CC1Cn2nc(-c3nc([C@@H]4C[C@H]4C(F)(F)F)no3)cc2C(=O)N1. The number of amides is 1. The molecule has 0 saturated heterocycles. The first-order valence-electron chi connectivity index (χ1n) is 7.12. The van der Waals surface area contributed by atoms with Crippen molar-refractivity contribution < 1.29 is 22.5 Å². The molecule has 2 aromatic rings. The molecule has 1 amide bonds. The highest BCUT2D eigenvalue weighted by molar-refractivity contribution is 5.94. The van der Waals surface area contributed by atoms with E-state index in [1.54, 1.807) is 0 Å². The Morgan fingerprint density at radius 1 is 1.43 bits per heavy atom. The van der Waals surface area contributed by atoms with Gasteiger partial charge in [-0.25, -0.2) is 0 Å². The minimum Gasteiger partial charge on any atom is -0.346 e. The number of fused-ring (bicyclic) bond motifs is 1.